The maximum absolute atomic E-state index is 13.9. The summed E-state index contributed by atoms with van der Waals surface area (Å²) in [5, 5.41) is 0.770. The summed E-state index contributed by atoms with van der Waals surface area (Å²) < 4.78 is 13.9. The standard InChI is InChI=1S/C20H16FN3/c1-13-19(17-6-2-4-10-22-17)20(18-7-3-5-11-23-18)15-12-14(21)8-9-16(15)24-13/h2,4,6-12H,3,5H2,1H3. The maximum Gasteiger partial charge on any atom is 0.123 e. The molecule has 4 rings (SSSR count). The molecule has 1 aromatic carbocycles. The van der Waals surface area contributed by atoms with E-state index < -0.39 is 0 Å². The predicted octanol–water partition coefficient (Wildman–Crippen LogP) is 4.95. The SMILES string of the molecule is Cc1nc2ccc(F)cc2c(C2=CCCC=N2)c1-c1ccccn1. The zero-order chi connectivity index (χ0) is 16.5. The minimum atomic E-state index is -0.276. The number of hydrogen-bond acceptors (Lipinski definition) is 3. The Morgan fingerprint density at radius 1 is 1.04 bits per heavy atom. The zero-order valence-electron chi connectivity index (χ0n) is 13.3. The van der Waals surface area contributed by atoms with E-state index in [0.29, 0.717) is 0 Å². The van der Waals surface area contributed by atoms with Gasteiger partial charge >= 0.3 is 0 Å². The van der Waals surface area contributed by atoms with Crippen molar-refractivity contribution in [3.05, 3.63) is 65.7 Å². The van der Waals surface area contributed by atoms with Crippen molar-refractivity contribution < 1.29 is 4.39 Å². The minimum Gasteiger partial charge on any atom is -0.261 e. The average Bonchev–Trinajstić information content (AvgIpc) is 2.62. The van der Waals surface area contributed by atoms with Crippen LogP contribution in [0.3, 0.4) is 0 Å². The fraction of sp³-hybridized carbons (Fsp3) is 0.150. The second-order valence-corrected chi connectivity index (χ2v) is 5.80. The van der Waals surface area contributed by atoms with Gasteiger partial charge in [-0.1, -0.05) is 12.1 Å². The quantitative estimate of drug-likeness (QED) is 0.670. The molecule has 0 saturated heterocycles. The van der Waals surface area contributed by atoms with Crippen molar-refractivity contribution in [3.8, 4) is 11.3 Å². The Morgan fingerprint density at radius 2 is 1.96 bits per heavy atom. The number of pyridine rings is 2. The van der Waals surface area contributed by atoms with E-state index in [4.69, 9.17) is 0 Å². The third-order valence-electron chi connectivity index (χ3n) is 4.17. The zero-order valence-corrected chi connectivity index (χ0v) is 13.3. The van der Waals surface area contributed by atoms with Gasteiger partial charge in [0.2, 0.25) is 0 Å². The van der Waals surface area contributed by atoms with Crippen LogP contribution in [-0.2, 0) is 0 Å². The molecule has 1 aliphatic heterocycles. The van der Waals surface area contributed by atoms with Crippen LogP contribution in [0.5, 0.6) is 0 Å². The van der Waals surface area contributed by atoms with Gasteiger partial charge in [-0.2, -0.15) is 0 Å². The van der Waals surface area contributed by atoms with Crippen molar-refractivity contribution >= 4 is 22.8 Å². The second-order valence-electron chi connectivity index (χ2n) is 5.80. The van der Waals surface area contributed by atoms with Crippen LogP contribution in [0.25, 0.3) is 27.9 Å². The fourth-order valence-electron chi connectivity index (χ4n) is 3.13. The van der Waals surface area contributed by atoms with E-state index in [9.17, 15) is 4.39 Å². The Bertz CT molecular complexity index is 975. The minimum absolute atomic E-state index is 0.276. The van der Waals surface area contributed by atoms with Gasteiger partial charge in [0.05, 0.1) is 16.9 Å². The number of nitrogens with zero attached hydrogens (tertiary/aromatic N) is 3. The van der Waals surface area contributed by atoms with Gasteiger partial charge in [0.1, 0.15) is 5.82 Å². The number of allylic oxidation sites excluding steroid dienone is 1. The maximum atomic E-state index is 13.9. The van der Waals surface area contributed by atoms with Crippen molar-refractivity contribution in [1.29, 1.82) is 0 Å². The summed E-state index contributed by atoms with van der Waals surface area (Å²) in [6.07, 6.45) is 7.63. The summed E-state index contributed by atoms with van der Waals surface area (Å²) in [4.78, 5) is 13.7. The highest BCUT2D eigenvalue weighted by Crippen LogP contribution is 2.37. The molecule has 0 unspecified atom stereocenters. The lowest BCUT2D eigenvalue weighted by molar-refractivity contribution is 0.629. The van der Waals surface area contributed by atoms with E-state index in [1.54, 1.807) is 12.3 Å². The molecule has 1 aliphatic rings. The molecular formula is C20H16FN3. The van der Waals surface area contributed by atoms with Crippen LogP contribution in [0.2, 0.25) is 0 Å². The molecular weight excluding hydrogens is 301 g/mol. The first-order valence-corrected chi connectivity index (χ1v) is 7.98. The summed E-state index contributed by atoms with van der Waals surface area (Å²) in [6, 6.07) is 10.5. The molecule has 0 N–H and O–H groups in total. The lowest BCUT2D eigenvalue weighted by Crippen LogP contribution is -2.01. The molecule has 4 heteroatoms. The van der Waals surface area contributed by atoms with E-state index in [1.165, 1.54) is 12.1 Å². The van der Waals surface area contributed by atoms with Crippen LogP contribution >= 0.6 is 0 Å². The van der Waals surface area contributed by atoms with Crippen molar-refractivity contribution in [2.75, 3.05) is 0 Å². The first-order valence-electron chi connectivity index (χ1n) is 7.98. The van der Waals surface area contributed by atoms with Crippen LogP contribution < -0.4 is 0 Å². The molecule has 0 fully saturated rings. The van der Waals surface area contributed by atoms with Gasteiger partial charge in [0, 0.05) is 34.6 Å². The summed E-state index contributed by atoms with van der Waals surface area (Å²) >= 11 is 0. The Morgan fingerprint density at radius 3 is 2.71 bits per heavy atom. The van der Waals surface area contributed by atoms with Crippen molar-refractivity contribution in [3.63, 3.8) is 0 Å². The van der Waals surface area contributed by atoms with Crippen molar-refractivity contribution in [2.45, 2.75) is 19.8 Å². The molecule has 0 bridgehead atoms. The first-order chi connectivity index (χ1) is 11.7. The molecule has 0 spiro atoms. The third kappa shape index (κ3) is 2.50. The first kappa shape index (κ1) is 14.7. The lowest BCUT2D eigenvalue weighted by atomic mass is 9.94. The highest BCUT2D eigenvalue weighted by atomic mass is 19.1. The summed E-state index contributed by atoms with van der Waals surface area (Å²) in [5.41, 5.74) is 5.15. The van der Waals surface area contributed by atoms with Gasteiger partial charge in [0.25, 0.3) is 0 Å². The summed E-state index contributed by atoms with van der Waals surface area (Å²) in [6.45, 7) is 1.96. The number of aromatic nitrogens is 2. The smallest absolute Gasteiger partial charge is 0.123 e. The number of aliphatic imine (C=N–C) groups is 1. The van der Waals surface area contributed by atoms with Crippen LogP contribution in [0, 0.1) is 12.7 Å². The van der Waals surface area contributed by atoms with Gasteiger partial charge in [-0.25, -0.2) is 4.39 Å². The Hall–Kier alpha value is -2.88. The Labute approximate surface area is 139 Å². The molecule has 0 saturated carbocycles. The number of benzene rings is 1. The number of fused-ring (bicyclic) bond motifs is 1. The Kier molecular flexibility index (Phi) is 3.65. The highest BCUT2D eigenvalue weighted by molar-refractivity contribution is 6.00. The normalized spacial score (nSPS) is 14.0. The summed E-state index contributed by atoms with van der Waals surface area (Å²) in [5.74, 6) is -0.276. The van der Waals surface area contributed by atoms with E-state index in [1.807, 2.05) is 31.3 Å². The largest absolute Gasteiger partial charge is 0.261 e. The molecule has 24 heavy (non-hydrogen) atoms. The van der Waals surface area contributed by atoms with Crippen LogP contribution in [0.4, 0.5) is 4.39 Å². The van der Waals surface area contributed by atoms with Crippen LogP contribution in [0.1, 0.15) is 24.1 Å². The molecule has 0 atom stereocenters. The van der Waals surface area contributed by atoms with Crippen LogP contribution in [-0.4, -0.2) is 16.2 Å². The highest BCUT2D eigenvalue weighted by Gasteiger charge is 2.19. The average molecular weight is 317 g/mol. The van der Waals surface area contributed by atoms with Crippen molar-refractivity contribution in [1.82, 2.24) is 9.97 Å². The molecule has 0 radical (unpaired) electrons. The van der Waals surface area contributed by atoms with Gasteiger partial charge in [-0.15, -0.1) is 0 Å². The Balaban J connectivity index is 2.12. The lowest BCUT2D eigenvalue weighted by Gasteiger charge is -2.17. The van der Waals surface area contributed by atoms with E-state index >= 15 is 0 Å². The molecule has 0 aliphatic carbocycles. The van der Waals surface area contributed by atoms with Crippen LogP contribution in [0.15, 0.2) is 53.7 Å². The monoisotopic (exact) mass is 317 g/mol. The molecule has 118 valence electrons. The van der Waals surface area contributed by atoms with Gasteiger partial charge in [-0.05, 0) is 50.1 Å². The van der Waals surface area contributed by atoms with E-state index in [2.05, 4.69) is 21.0 Å². The number of halogens is 1. The predicted molar refractivity (Wildman–Crippen MR) is 95.4 cm³/mol. The summed E-state index contributed by atoms with van der Waals surface area (Å²) in [7, 11) is 0. The molecule has 2 aromatic heterocycles. The van der Waals surface area contributed by atoms with Gasteiger partial charge in [0.15, 0.2) is 0 Å². The number of aryl methyl sites for hydroxylation is 1. The van der Waals surface area contributed by atoms with Gasteiger partial charge < -0.3 is 0 Å². The number of hydrogen-bond donors (Lipinski definition) is 0. The number of rotatable bonds is 2. The van der Waals surface area contributed by atoms with E-state index in [0.717, 1.165) is 52.0 Å². The van der Waals surface area contributed by atoms with E-state index in [-0.39, 0.29) is 5.82 Å². The van der Waals surface area contributed by atoms with Gasteiger partial charge in [-0.3, -0.25) is 15.0 Å². The molecule has 3 aromatic rings. The fourth-order valence-corrected chi connectivity index (χ4v) is 3.13. The van der Waals surface area contributed by atoms with Crippen molar-refractivity contribution in [2.24, 2.45) is 4.99 Å². The third-order valence-corrected chi connectivity index (χ3v) is 4.17. The molecule has 0 amide bonds. The second kappa shape index (κ2) is 5.96. The molecule has 3 heterocycles. The topological polar surface area (TPSA) is 38.1 Å². The molecule has 3 nitrogen and oxygen atoms in total.